The largest absolute Gasteiger partial charge is 0.493 e. The molecule has 3 rings (SSSR count). The number of hydrogen-bond donors (Lipinski definition) is 2. The van der Waals surface area contributed by atoms with Gasteiger partial charge in [-0.2, -0.15) is 0 Å². The van der Waals surface area contributed by atoms with Crippen LogP contribution in [0.2, 0.25) is 5.02 Å². The van der Waals surface area contributed by atoms with E-state index in [-0.39, 0.29) is 12.0 Å². The second kappa shape index (κ2) is 7.35. The number of carbonyl (C=O) groups is 1. The Hall–Kier alpha value is -2.21. The van der Waals surface area contributed by atoms with Crippen molar-refractivity contribution in [3.05, 3.63) is 46.5 Å². The van der Waals surface area contributed by atoms with Gasteiger partial charge in [-0.3, -0.25) is 4.90 Å². The molecular weight excluding hydrogens is 342 g/mol. The number of hydrogen-bond acceptors (Lipinski definition) is 3. The first-order chi connectivity index (χ1) is 12.0. The van der Waals surface area contributed by atoms with Gasteiger partial charge in [0.2, 0.25) is 0 Å². The van der Waals surface area contributed by atoms with Crippen molar-refractivity contribution in [2.45, 2.75) is 32.7 Å². The molecule has 2 heterocycles. The zero-order valence-electron chi connectivity index (χ0n) is 14.3. The molecule has 7 heteroatoms. The molecule has 1 aromatic heterocycles. The maximum absolute atomic E-state index is 11.5. The number of H-pyrrole nitrogens is 1. The van der Waals surface area contributed by atoms with E-state index in [9.17, 15) is 9.90 Å². The van der Waals surface area contributed by atoms with E-state index in [2.05, 4.69) is 9.97 Å². The molecule has 134 valence electrons. The number of ether oxygens (including phenoxy) is 1. The summed E-state index contributed by atoms with van der Waals surface area (Å²) < 4.78 is 5.71. The molecule has 6 nitrogen and oxygen atoms in total. The van der Waals surface area contributed by atoms with Crippen LogP contribution in [0.5, 0.6) is 5.75 Å². The van der Waals surface area contributed by atoms with Gasteiger partial charge in [0, 0.05) is 30.1 Å². The highest BCUT2D eigenvalue weighted by Crippen LogP contribution is 2.34. The Morgan fingerprint density at radius 2 is 2.16 bits per heavy atom. The molecule has 0 fully saturated rings. The predicted octanol–water partition coefficient (Wildman–Crippen LogP) is 3.92. The van der Waals surface area contributed by atoms with Gasteiger partial charge >= 0.3 is 6.09 Å². The van der Waals surface area contributed by atoms with Gasteiger partial charge in [-0.05, 0) is 30.2 Å². The van der Waals surface area contributed by atoms with Crippen molar-refractivity contribution in [1.82, 2.24) is 14.9 Å². The fourth-order valence-corrected chi connectivity index (χ4v) is 3.36. The Kier molecular flexibility index (Phi) is 5.18. The van der Waals surface area contributed by atoms with Gasteiger partial charge < -0.3 is 14.8 Å². The normalized spacial score (nSPS) is 16.8. The van der Waals surface area contributed by atoms with E-state index in [4.69, 9.17) is 16.3 Å². The van der Waals surface area contributed by atoms with E-state index in [1.165, 1.54) is 4.90 Å². The third-order valence-corrected chi connectivity index (χ3v) is 4.63. The standard InChI is InChI=1S/C18H22ClN3O3/c1-11(2)17-16-14(7-9-22(17)18(23)24)20-15(21-16)8-10-25-13-5-3-12(19)4-6-13/h3-6,11,17H,7-10H2,1-2H3,(H,20,21)(H,23,24). The van der Waals surface area contributed by atoms with Gasteiger partial charge in [0.1, 0.15) is 11.6 Å². The predicted molar refractivity (Wildman–Crippen MR) is 95.3 cm³/mol. The lowest BCUT2D eigenvalue weighted by atomic mass is 9.94. The number of nitrogens with zero attached hydrogens (tertiary/aromatic N) is 2. The first kappa shape index (κ1) is 17.6. The Balaban J connectivity index is 1.68. The van der Waals surface area contributed by atoms with E-state index in [1.807, 2.05) is 26.0 Å². The summed E-state index contributed by atoms with van der Waals surface area (Å²) in [5.41, 5.74) is 1.89. The van der Waals surface area contributed by atoms with Crippen LogP contribution in [0.4, 0.5) is 4.79 Å². The average Bonchev–Trinajstić information content (AvgIpc) is 2.98. The van der Waals surface area contributed by atoms with Crippen molar-refractivity contribution in [3.8, 4) is 5.75 Å². The Morgan fingerprint density at radius 3 is 2.80 bits per heavy atom. The molecule has 2 aromatic rings. The van der Waals surface area contributed by atoms with Crippen LogP contribution in [0.3, 0.4) is 0 Å². The van der Waals surface area contributed by atoms with Crippen molar-refractivity contribution in [1.29, 1.82) is 0 Å². The van der Waals surface area contributed by atoms with Gasteiger partial charge in [-0.25, -0.2) is 9.78 Å². The van der Waals surface area contributed by atoms with Crippen molar-refractivity contribution >= 4 is 17.7 Å². The molecule has 1 aromatic carbocycles. The lowest BCUT2D eigenvalue weighted by molar-refractivity contribution is 0.103. The van der Waals surface area contributed by atoms with Crippen LogP contribution in [0, 0.1) is 5.92 Å². The monoisotopic (exact) mass is 363 g/mol. The molecule has 1 unspecified atom stereocenters. The van der Waals surface area contributed by atoms with Crippen LogP contribution in [-0.4, -0.2) is 39.2 Å². The minimum atomic E-state index is -0.889. The fourth-order valence-electron chi connectivity index (χ4n) is 3.24. The summed E-state index contributed by atoms with van der Waals surface area (Å²) in [6.45, 7) is 5.03. The molecule has 1 atom stereocenters. The number of aromatic nitrogens is 2. The van der Waals surface area contributed by atoms with Crippen LogP contribution < -0.4 is 4.74 Å². The number of halogens is 1. The number of amides is 1. The zero-order chi connectivity index (χ0) is 18.0. The van der Waals surface area contributed by atoms with Crippen molar-refractivity contribution in [2.24, 2.45) is 5.92 Å². The molecule has 0 spiro atoms. The molecule has 0 saturated carbocycles. The van der Waals surface area contributed by atoms with Crippen LogP contribution in [0.1, 0.15) is 37.1 Å². The van der Waals surface area contributed by atoms with E-state index in [0.717, 1.165) is 23.0 Å². The number of carboxylic acid groups (broad SMARTS) is 1. The molecule has 1 aliphatic rings. The first-order valence-corrected chi connectivity index (χ1v) is 8.79. The smallest absolute Gasteiger partial charge is 0.407 e. The summed E-state index contributed by atoms with van der Waals surface area (Å²) in [4.78, 5) is 21.0. The molecule has 0 aliphatic carbocycles. The minimum absolute atomic E-state index is 0.164. The summed E-state index contributed by atoms with van der Waals surface area (Å²) in [5, 5.41) is 10.1. The van der Waals surface area contributed by atoms with E-state index >= 15 is 0 Å². The lowest BCUT2D eigenvalue weighted by Gasteiger charge is -2.35. The number of aromatic amines is 1. The van der Waals surface area contributed by atoms with Crippen molar-refractivity contribution in [2.75, 3.05) is 13.2 Å². The fraction of sp³-hybridized carbons (Fsp3) is 0.444. The first-order valence-electron chi connectivity index (χ1n) is 8.41. The number of fused-ring (bicyclic) bond motifs is 1. The lowest BCUT2D eigenvalue weighted by Crippen LogP contribution is -2.41. The van der Waals surface area contributed by atoms with Crippen molar-refractivity contribution < 1.29 is 14.6 Å². The maximum Gasteiger partial charge on any atom is 0.407 e. The number of imidazole rings is 1. The topological polar surface area (TPSA) is 78.5 Å². The van der Waals surface area contributed by atoms with E-state index in [0.29, 0.717) is 31.0 Å². The SMILES string of the molecule is CC(C)C1c2nc(CCOc3ccc(Cl)cc3)[nH]c2CCN1C(=O)O. The Labute approximate surface area is 151 Å². The van der Waals surface area contributed by atoms with Crippen LogP contribution in [0.15, 0.2) is 24.3 Å². The second-order valence-corrected chi connectivity index (χ2v) is 6.95. The third-order valence-electron chi connectivity index (χ3n) is 4.38. The number of benzene rings is 1. The average molecular weight is 364 g/mol. The molecular formula is C18H22ClN3O3. The summed E-state index contributed by atoms with van der Waals surface area (Å²) in [6.07, 6.45) is 0.406. The highest BCUT2D eigenvalue weighted by atomic mass is 35.5. The van der Waals surface area contributed by atoms with Crippen LogP contribution >= 0.6 is 11.6 Å². The van der Waals surface area contributed by atoms with Crippen LogP contribution in [-0.2, 0) is 12.8 Å². The van der Waals surface area contributed by atoms with Gasteiger partial charge in [0.05, 0.1) is 18.3 Å². The molecule has 0 radical (unpaired) electrons. The highest BCUT2D eigenvalue weighted by molar-refractivity contribution is 6.30. The minimum Gasteiger partial charge on any atom is -0.493 e. The Morgan fingerprint density at radius 1 is 1.44 bits per heavy atom. The summed E-state index contributed by atoms with van der Waals surface area (Å²) in [5.74, 6) is 1.76. The van der Waals surface area contributed by atoms with E-state index in [1.54, 1.807) is 12.1 Å². The highest BCUT2D eigenvalue weighted by Gasteiger charge is 2.35. The van der Waals surface area contributed by atoms with Crippen LogP contribution in [0.25, 0.3) is 0 Å². The summed E-state index contributed by atoms with van der Waals surface area (Å²) in [6, 6.07) is 7.03. The molecule has 25 heavy (non-hydrogen) atoms. The third kappa shape index (κ3) is 3.90. The molecule has 0 saturated heterocycles. The molecule has 0 bridgehead atoms. The quantitative estimate of drug-likeness (QED) is 0.843. The van der Waals surface area contributed by atoms with Gasteiger partial charge in [-0.1, -0.05) is 25.4 Å². The molecule has 2 N–H and O–H groups in total. The number of rotatable bonds is 5. The van der Waals surface area contributed by atoms with Crippen molar-refractivity contribution in [3.63, 3.8) is 0 Å². The Bertz CT molecular complexity index is 743. The van der Waals surface area contributed by atoms with Gasteiger partial charge in [-0.15, -0.1) is 0 Å². The van der Waals surface area contributed by atoms with Gasteiger partial charge in [0.15, 0.2) is 0 Å². The summed E-state index contributed by atoms with van der Waals surface area (Å²) >= 11 is 5.86. The zero-order valence-corrected chi connectivity index (χ0v) is 15.1. The summed E-state index contributed by atoms with van der Waals surface area (Å²) in [7, 11) is 0. The molecule has 1 amide bonds. The number of nitrogens with one attached hydrogen (secondary N) is 1. The second-order valence-electron chi connectivity index (χ2n) is 6.51. The van der Waals surface area contributed by atoms with E-state index < -0.39 is 6.09 Å². The van der Waals surface area contributed by atoms with Gasteiger partial charge in [0.25, 0.3) is 0 Å². The molecule has 1 aliphatic heterocycles. The maximum atomic E-state index is 11.5.